The van der Waals surface area contributed by atoms with Gasteiger partial charge >= 0.3 is 0 Å². The van der Waals surface area contributed by atoms with Gasteiger partial charge in [-0.05, 0) is 29.3 Å². The van der Waals surface area contributed by atoms with Gasteiger partial charge in [0.05, 0.1) is 26.2 Å². The molecule has 29 heavy (non-hydrogen) atoms. The number of nitrogens with one attached hydrogen (secondary N) is 1. The van der Waals surface area contributed by atoms with Gasteiger partial charge in [0.15, 0.2) is 11.5 Å². The summed E-state index contributed by atoms with van der Waals surface area (Å²) in [6, 6.07) is -10.2. The molecule has 1 saturated heterocycles. The van der Waals surface area contributed by atoms with Crippen LogP contribution in [0.1, 0.15) is 43.4 Å². The van der Waals surface area contributed by atoms with Gasteiger partial charge < -0.3 is 24.3 Å². The van der Waals surface area contributed by atoms with E-state index in [9.17, 15) is 11.0 Å². The van der Waals surface area contributed by atoms with Crippen molar-refractivity contribution < 1.29 is 39.6 Å². The molecule has 0 aliphatic carbocycles. The zero-order chi connectivity index (χ0) is 32.8. The van der Waals surface area contributed by atoms with Gasteiger partial charge in [-0.15, -0.1) is 0 Å². The summed E-state index contributed by atoms with van der Waals surface area (Å²) in [7, 11) is 0. The van der Waals surface area contributed by atoms with Gasteiger partial charge in [-0.25, -0.2) is 0 Å². The van der Waals surface area contributed by atoms with E-state index in [4.69, 9.17) is 28.7 Å². The lowest BCUT2D eigenvalue weighted by Gasteiger charge is -2.46. The Morgan fingerprint density at radius 2 is 2.10 bits per heavy atom. The SMILES string of the molecule is [2H]c1c([2H])c(C2c3[nH]c4c([2H])c([2H])c([2H])c([2H])c4c3C[C@]3([2H])C(=O)N(C([2H])([2H])[2H])C([2H])([2H])C(=O)N23)c([2H])c2c1OC([2H])([2H])O2. The largest absolute Gasteiger partial charge is 0.454 e. The summed E-state index contributed by atoms with van der Waals surface area (Å²) in [4.78, 5) is 30.5. The third kappa shape index (κ3) is 2.24. The van der Waals surface area contributed by atoms with Crippen LogP contribution >= 0.6 is 0 Å². The van der Waals surface area contributed by atoms with E-state index in [1.54, 1.807) is 0 Å². The van der Waals surface area contributed by atoms with E-state index in [2.05, 4.69) is 4.98 Å². The van der Waals surface area contributed by atoms with Crippen molar-refractivity contribution in [3.05, 3.63) is 59.1 Å². The first-order valence-electron chi connectivity index (χ1n) is 15.9. The maximum absolute atomic E-state index is 13.9. The third-order valence-electron chi connectivity index (χ3n) is 4.94. The Balaban J connectivity index is 1.76. The topological polar surface area (TPSA) is 74.9 Å². The number of H-pyrrole nitrogens is 1. The molecule has 6 rings (SSSR count). The number of hydrogen-bond donors (Lipinski definition) is 1. The Kier molecular flexibility index (Phi) is 1.47. The number of carbonyl (C=O) groups is 2. The van der Waals surface area contributed by atoms with Gasteiger partial charge in [-0.2, -0.15) is 0 Å². The van der Waals surface area contributed by atoms with E-state index in [-0.39, 0.29) is 27.1 Å². The highest BCUT2D eigenvalue weighted by atomic mass is 16.7. The van der Waals surface area contributed by atoms with Crippen LogP contribution in [0, 0.1) is 0 Å². The Hall–Kier alpha value is -3.48. The second kappa shape index (κ2) is 5.76. The summed E-state index contributed by atoms with van der Waals surface area (Å²) in [5, 5.41) is -0.238. The molecule has 3 aliphatic rings. The summed E-state index contributed by atoms with van der Waals surface area (Å²) in [5.41, 5.74) is -1.38. The molecule has 4 heterocycles. The molecule has 1 N–H and O–H groups in total. The van der Waals surface area contributed by atoms with Gasteiger partial charge in [0.25, 0.3) is 0 Å². The number of piperazine rings is 1. The Morgan fingerprint density at radius 3 is 3.00 bits per heavy atom. The van der Waals surface area contributed by atoms with Crippen molar-refractivity contribution in [3.8, 4) is 11.5 Å². The zero-order valence-electron chi connectivity index (χ0n) is 29.3. The van der Waals surface area contributed by atoms with Gasteiger partial charge in [0, 0.05) is 34.1 Å². The minimum Gasteiger partial charge on any atom is -0.454 e. The number of rotatable bonds is 1. The molecule has 3 aromatic rings. The number of aromatic nitrogens is 1. The number of amides is 2. The number of ether oxygens (including phenoxy) is 2. The molecule has 2 amide bonds. The maximum atomic E-state index is 13.9. The number of benzene rings is 2. The molecule has 0 spiro atoms. The molecule has 1 aromatic heterocycles. The molecule has 0 radical (unpaired) electrons. The fourth-order valence-corrected chi connectivity index (χ4v) is 3.73. The molecule has 0 saturated carbocycles. The van der Waals surface area contributed by atoms with Crippen molar-refractivity contribution >= 4 is 22.7 Å². The average Bonchev–Trinajstić information content (AvgIpc) is 3.44. The lowest BCUT2D eigenvalue weighted by atomic mass is 9.86. The first-order valence-corrected chi connectivity index (χ1v) is 8.39. The molecule has 7 nitrogen and oxygen atoms in total. The van der Waals surface area contributed by atoms with Crippen molar-refractivity contribution in [1.82, 2.24) is 14.8 Å². The van der Waals surface area contributed by atoms with E-state index in [0.29, 0.717) is 4.90 Å². The molecule has 146 valence electrons. The summed E-state index contributed by atoms with van der Waals surface area (Å²) in [6.07, 6.45) is -0.893. The van der Waals surface area contributed by atoms with Crippen molar-refractivity contribution in [3.63, 3.8) is 0 Å². The number of para-hydroxylation sites is 1. The summed E-state index contributed by atoms with van der Waals surface area (Å²) in [5.74, 6) is -4.77. The quantitative estimate of drug-likeness (QED) is 0.675. The standard InChI is InChI=1S/C22H19N3O4/c1-24-10-19(26)25-16(22(24)27)9-14-13-4-2-3-5-15(13)23-20(14)21(25)12-6-7-17-18(8-12)29-11-28-17/h2-8,16,21,23H,9-11H2,1H3/t16-,21?/m1/s1/i1D3,2D,3D,4D,5D,6D,7D,8D,10D2,11D2,16D. The minimum atomic E-state index is -3.60. The van der Waals surface area contributed by atoms with E-state index >= 15 is 0 Å². The highest BCUT2D eigenvalue weighted by Gasteiger charge is 2.47. The zero-order valence-corrected chi connectivity index (χ0v) is 14.3. The molecule has 0 bridgehead atoms. The van der Waals surface area contributed by atoms with Crippen molar-refractivity contribution in [1.29, 1.82) is 0 Å². The van der Waals surface area contributed by atoms with Crippen LogP contribution in [0.15, 0.2) is 42.3 Å². The fraction of sp³-hybridized carbons (Fsp3) is 0.273. The Morgan fingerprint density at radius 1 is 1.24 bits per heavy atom. The molecule has 7 heteroatoms. The molecule has 3 aliphatic heterocycles. The van der Waals surface area contributed by atoms with Crippen LogP contribution in [0.2, 0.25) is 0 Å². The molecular formula is C22H19N3O4. The molecule has 2 aromatic carbocycles. The number of likely N-dealkylation sites (N-methyl/N-ethyl adjacent to an activating group) is 1. The number of aromatic amines is 1. The molecule has 2 atom stereocenters. The predicted molar refractivity (Wildman–Crippen MR) is 105 cm³/mol. The van der Waals surface area contributed by atoms with E-state index in [0.717, 1.165) is 0 Å². The van der Waals surface area contributed by atoms with E-state index in [1.807, 2.05) is 0 Å². The average molecular weight is 405 g/mol. The summed E-state index contributed by atoms with van der Waals surface area (Å²) >= 11 is 0. The van der Waals surface area contributed by atoms with E-state index in [1.165, 1.54) is 0 Å². The van der Waals surface area contributed by atoms with Crippen LogP contribution in [0.25, 0.3) is 10.9 Å². The predicted octanol–water partition coefficient (Wildman–Crippen LogP) is 2.21. The highest BCUT2D eigenvalue weighted by molar-refractivity contribution is 5.97. The smallest absolute Gasteiger partial charge is 0.245 e. The molecular weight excluding hydrogens is 370 g/mol. The van der Waals surface area contributed by atoms with Crippen LogP contribution in [0.4, 0.5) is 0 Å². The molecule has 1 fully saturated rings. The van der Waals surface area contributed by atoms with Crippen LogP contribution in [0.5, 0.6) is 11.5 Å². The minimum absolute atomic E-state index is 0.185. The van der Waals surface area contributed by atoms with Crippen LogP contribution < -0.4 is 9.47 Å². The lowest BCUT2D eigenvalue weighted by Crippen LogP contribution is -2.62. The van der Waals surface area contributed by atoms with Gasteiger partial charge in [0.2, 0.25) is 18.6 Å². The second-order valence-electron chi connectivity index (χ2n) is 6.46. The third-order valence-corrected chi connectivity index (χ3v) is 4.94. The number of nitrogens with zero attached hydrogens (tertiary/aromatic N) is 2. The fourth-order valence-electron chi connectivity index (χ4n) is 3.73. The normalized spacial score (nSPS) is 36.7. The van der Waals surface area contributed by atoms with Crippen molar-refractivity contribution in [2.24, 2.45) is 0 Å². The van der Waals surface area contributed by atoms with Crippen LogP contribution in [0.3, 0.4) is 0 Å². The first kappa shape index (κ1) is 7.40. The second-order valence-corrected chi connectivity index (χ2v) is 6.46. The number of hydrogen-bond acceptors (Lipinski definition) is 4. The maximum Gasteiger partial charge on any atom is 0.245 e. The monoisotopic (exact) mass is 404 g/mol. The van der Waals surface area contributed by atoms with Crippen LogP contribution in [-0.4, -0.2) is 52.8 Å². The van der Waals surface area contributed by atoms with Crippen molar-refractivity contribution in [2.75, 3.05) is 20.2 Å². The van der Waals surface area contributed by atoms with E-state index < -0.39 is 110 Å². The Bertz CT molecular complexity index is 1860. The molecule has 1 unspecified atom stereocenters. The first-order chi connectivity index (χ1) is 20.1. The lowest BCUT2D eigenvalue weighted by molar-refractivity contribution is -0.157. The summed E-state index contributed by atoms with van der Waals surface area (Å²) < 4.78 is 134. The van der Waals surface area contributed by atoms with Crippen molar-refractivity contribution in [2.45, 2.75) is 18.5 Å². The summed E-state index contributed by atoms with van der Waals surface area (Å²) in [6.45, 7) is -10.0. The van der Waals surface area contributed by atoms with Gasteiger partial charge in [-0.3, -0.25) is 9.59 Å². The highest BCUT2D eigenvalue weighted by Crippen LogP contribution is 2.44. The number of carbonyl (C=O) groups excluding carboxylic acids is 2. The van der Waals surface area contributed by atoms with Gasteiger partial charge in [0.1, 0.15) is 8.76 Å². The number of fused-ring (bicyclic) bond motifs is 5. The van der Waals surface area contributed by atoms with Crippen LogP contribution in [-0.2, 0) is 16.0 Å². The Labute approximate surface area is 187 Å². The van der Waals surface area contributed by atoms with Gasteiger partial charge in [-0.1, -0.05) is 24.2 Å².